The quantitative estimate of drug-likeness (QED) is 0.546. The number of benzene rings is 1. The fraction of sp³-hybridized carbons (Fsp3) is 0.350. The van der Waals surface area contributed by atoms with Crippen molar-refractivity contribution in [3.63, 3.8) is 0 Å². The van der Waals surface area contributed by atoms with E-state index in [0.717, 1.165) is 21.4 Å². The highest BCUT2D eigenvalue weighted by Crippen LogP contribution is 2.33. The molecule has 1 aliphatic heterocycles. The number of carbonyl (C=O) groups is 2. The molecule has 170 valence electrons. The van der Waals surface area contributed by atoms with Crippen molar-refractivity contribution < 1.29 is 18.0 Å². The summed E-state index contributed by atoms with van der Waals surface area (Å²) in [4.78, 5) is 30.6. The van der Waals surface area contributed by atoms with Crippen LogP contribution >= 0.6 is 34.3 Å². The number of thiazole rings is 1. The Bertz CT molecular complexity index is 1280. The lowest BCUT2D eigenvalue weighted by Gasteiger charge is -2.32. The molecule has 0 bridgehead atoms. The topological polar surface area (TPSA) is 99.7 Å². The van der Waals surface area contributed by atoms with E-state index in [9.17, 15) is 18.0 Å². The number of rotatable bonds is 6. The molecule has 3 aromatic rings. The molecule has 1 aliphatic rings. The number of aromatic nitrogens is 1. The third kappa shape index (κ3) is 4.81. The normalized spacial score (nSPS) is 15.6. The number of halogens is 1. The number of piperazine rings is 1. The van der Waals surface area contributed by atoms with Crippen molar-refractivity contribution in [3.05, 3.63) is 45.4 Å². The van der Waals surface area contributed by atoms with E-state index in [4.69, 9.17) is 11.6 Å². The fourth-order valence-electron chi connectivity index (χ4n) is 3.28. The lowest BCUT2D eigenvalue weighted by Crippen LogP contribution is -2.51. The molecule has 8 nitrogen and oxygen atoms in total. The molecule has 1 N–H and O–H groups in total. The molecule has 12 heteroatoms. The summed E-state index contributed by atoms with van der Waals surface area (Å²) in [6, 6.07) is 6.84. The summed E-state index contributed by atoms with van der Waals surface area (Å²) < 4.78 is 28.4. The average Bonchev–Trinajstić information content (AvgIpc) is 3.36. The molecule has 0 unspecified atom stereocenters. The first kappa shape index (κ1) is 23.1. The largest absolute Gasteiger partial charge is 0.349 e. The Hall–Kier alpha value is -2.05. The average molecular weight is 513 g/mol. The van der Waals surface area contributed by atoms with E-state index < -0.39 is 10.0 Å². The molecule has 1 aromatic carbocycles. The van der Waals surface area contributed by atoms with E-state index >= 15 is 0 Å². The second-order valence-corrected chi connectivity index (χ2v) is 12.3. The standard InChI is InChI=1S/C20H21ClN4O4S3/c1-12(2)22-20(27)15-11-30-17(23-15)9-24-5-6-25(10-18(24)26)32(28,29)19-7-13-3-4-14(21)8-16(13)31-19/h3-4,7-8,11-12H,5-6,9-10H2,1-2H3,(H,22,27). The first-order chi connectivity index (χ1) is 15.1. The van der Waals surface area contributed by atoms with Crippen molar-refractivity contribution in [2.75, 3.05) is 19.6 Å². The van der Waals surface area contributed by atoms with Gasteiger partial charge in [0.2, 0.25) is 5.91 Å². The summed E-state index contributed by atoms with van der Waals surface area (Å²) in [6.45, 7) is 4.19. The van der Waals surface area contributed by atoms with Crippen LogP contribution in [-0.4, -0.2) is 60.1 Å². The third-order valence-corrected chi connectivity index (χ3v) is 9.33. The van der Waals surface area contributed by atoms with E-state index in [1.807, 2.05) is 13.8 Å². The Balaban J connectivity index is 1.43. The van der Waals surface area contributed by atoms with E-state index in [1.54, 1.807) is 34.5 Å². The number of hydrogen-bond acceptors (Lipinski definition) is 7. The minimum absolute atomic E-state index is 0.00202. The smallest absolute Gasteiger partial charge is 0.270 e. The highest BCUT2D eigenvalue weighted by molar-refractivity contribution is 7.91. The maximum absolute atomic E-state index is 13.1. The molecule has 0 saturated carbocycles. The van der Waals surface area contributed by atoms with Crippen LogP contribution in [0, 0.1) is 0 Å². The maximum atomic E-state index is 13.1. The van der Waals surface area contributed by atoms with Gasteiger partial charge in [0.1, 0.15) is 14.9 Å². The van der Waals surface area contributed by atoms with Crippen LogP contribution in [-0.2, 0) is 21.4 Å². The van der Waals surface area contributed by atoms with Crippen LogP contribution in [0.4, 0.5) is 0 Å². The van der Waals surface area contributed by atoms with Gasteiger partial charge in [-0.3, -0.25) is 9.59 Å². The number of thiophene rings is 1. The third-order valence-electron chi connectivity index (χ3n) is 4.87. The fourth-order valence-corrected chi connectivity index (χ4v) is 7.28. The number of fused-ring (bicyclic) bond motifs is 1. The van der Waals surface area contributed by atoms with Gasteiger partial charge in [0.05, 0.1) is 13.1 Å². The summed E-state index contributed by atoms with van der Waals surface area (Å²) in [5.74, 6) is -0.554. The number of amides is 2. The van der Waals surface area contributed by atoms with Crippen molar-refractivity contribution in [3.8, 4) is 0 Å². The summed E-state index contributed by atoms with van der Waals surface area (Å²) in [7, 11) is -3.79. The van der Waals surface area contributed by atoms with E-state index in [-0.39, 0.29) is 48.2 Å². The van der Waals surface area contributed by atoms with Gasteiger partial charge in [0.15, 0.2) is 0 Å². The SMILES string of the molecule is CC(C)NC(=O)c1csc(CN2CCN(S(=O)(=O)c3cc4ccc(Cl)cc4s3)CC2=O)n1. The number of sulfonamides is 1. The predicted octanol–water partition coefficient (Wildman–Crippen LogP) is 3.18. The Morgan fingerprint density at radius 2 is 2.06 bits per heavy atom. The number of carbonyl (C=O) groups excluding carboxylic acids is 2. The first-order valence-electron chi connectivity index (χ1n) is 9.86. The lowest BCUT2D eigenvalue weighted by molar-refractivity contribution is -0.134. The lowest BCUT2D eigenvalue weighted by atomic mass is 10.3. The van der Waals surface area contributed by atoms with Crippen LogP contribution in [0.2, 0.25) is 5.02 Å². The first-order valence-corrected chi connectivity index (χ1v) is 13.4. The van der Waals surface area contributed by atoms with Crippen molar-refractivity contribution in [2.45, 2.75) is 30.6 Å². The predicted molar refractivity (Wildman–Crippen MR) is 126 cm³/mol. The molecule has 0 spiro atoms. The Kier molecular flexibility index (Phi) is 6.55. The Labute approximate surface area is 198 Å². The Morgan fingerprint density at radius 3 is 2.78 bits per heavy atom. The number of nitrogens with one attached hydrogen (secondary N) is 1. The Morgan fingerprint density at radius 1 is 1.28 bits per heavy atom. The molecule has 2 aromatic heterocycles. The van der Waals surface area contributed by atoms with Crippen molar-refractivity contribution in [1.29, 1.82) is 0 Å². The van der Waals surface area contributed by atoms with Gasteiger partial charge in [0.25, 0.3) is 15.9 Å². The van der Waals surface area contributed by atoms with E-state index in [0.29, 0.717) is 15.7 Å². The van der Waals surface area contributed by atoms with Crippen LogP contribution in [0.3, 0.4) is 0 Å². The van der Waals surface area contributed by atoms with Crippen LogP contribution in [0.1, 0.15) is 29.3 Å². The van der Waals surface area contributed by atoms with Crippen LogP contribution in [0.15, 0.2) is 33.9 Å². The molecule has 32 heavy (non-hydrogen) atoms. The minimum atomic E-state index is -3.79. The van der Waals surface area contributed by atoms with E-state index in [2.05, 4.69) is 10.3 Å². The van der Waals surface area contributed by atoms with Gasteiger partial charge in [-0.2, -0.15) is 4.31 Å². The summed E-state index contributed by atoms with van der Waals surface area (Å²) >= 11 is 8.45. The maximum Gasteiger partial charge on any atom is 0.270 e. The van der Waals surface area contributed by atoms with Gasteiger partial charge in [-0.1, -0.05) is 17.7 Å². The highest BCUT2D eigenvalue weighted by atomic mass is 35.5. The van der Waals surface area contributed by atoms with Crippen LogP contribution in [0.5, 0.6) is 0 Å². The van der Waals surface area contributed by atoms with Crippen molar-refractivity contribution >= 4 is 66.2 Å². The molecule has 3 heterocycles. The molecule has 4 rings (SSSR count). The van der Waals surface area contributed by atoms with Crippen LogP contribution in [0.25, 0.3) is 10.1 Å². The second kappa shape index (κ2) is 9.06. The van der Waals surface area contributed by atoms with Crippen molar-refractivity contribution in [2.24, 2.45) is 0 Å². The molecule has 2 amide bonds. The molecule has 0 radical (unpaired) electrons. The summed E-state index contributed by atoms with van der Waals surface area (Å²) in [5, 5.41) is 6.40. The summed E-state index contributed by atoms with van der Waals surface area (Å²) in [5.41, 5.74) is 0.317. The van der Waals surface area contributed by atoms with Gasteiger partial charge < -0.3 is 10.2 Å². The molecule has 0 aliphatic carbocycles. The van der Waals surface area contributed by atoms with Gasteiger partial charge in [-0.05, 0) is 37.4 Å². The van der Waals surface area contributed by atoms with Gasteiger partial charge >= 0.3 is 0 Å². The second-order valence-electron chi connectivity index (χ2n) is 7.66. The molecule has 1 fully saturated rings. The number of nitrogens with zero attached hydrogens (tertiary/aromatic N) is 3. The summed E-state index contributed by atoms with van der Waals surface area (Å²) in [6.07, 6.45) is 0. The zero-order chi connectivity index (χ0) is 23.0. The van der Waals surface area contributed by atoms with Gasteiger partial charge in [0, 0.05) is 34.2 Å². The zero-order valence-corrected chi connectivity index (χ0v) is 20.6. The highest BCUT2D eigenvalue weighted by Gasteiger charge is 2.34. The molecule has 1 saturated heterocycles. The van der Waals surface area contributed by atoms with Crippen molar-refractivity contribution in [1.82, 2.24) is 19.5 Å². The monoisotopic (exact) mass is 512 g/mol. The van der Waals surface area contributed by atoms with Crippen LogP contribution < -0.4 is 5.32 Å². The molecule has 0 atom stereocenters. The van der Waals surface area contributed by atoms with E-state index in [1.165, 1.54) is 15.6 Å². The minimum Gasteiger partial charge on any atom is -0.349 e. The van der Waals surface area contributed by atoms with Gasteiger partial charge in [-0.25, -0.2) is 13.4 Å². The molecular formula is C20H21ClN4O4S3. The number of hydrogen-bond donors (Lipinski definition) is 1. The molecular weight excluding hydrogens is 492 g/mol. The van der Waals surface area contributed by atoms with Gasteiger partial charge in [-0.15, -0.1) is 22.7 Å². The zero-order valence-electron chi connectivity index (χ0n) is 17.4.